The number of alkyl carbamates (subject to hydrolysis) is 1. The second-order valence-corrected chi connectivity index (χ2v) is 10.5. The van der Waals surface area contributed by atoms with Crippen molar-refractivity contribution in [2.75, 3.05) is 13.2 Å². The molecule has 2 aliphatic carbocycles. The zero-order valence-electron chi connectivity index (χ0n) is 22.0. The number of hydrogen-bond donors (Lipinski definition) is 2. The van der Waals surface area contributed by atoms with E-state index < -0.39 is 12.1 Å². The maximum Gasteiger partial charge on any atom is 0.416 e. The van der Waals surface area contributed by atoms with Crippen LogP contribution >= 0.6 is 0 Å². The minimum atomic E-state index is -0.650. The lowest BCUT2D eigenvalue weighted by molar-refractivity contribution is -0.137. The van der Waals surface area contributed by atoms with Gasteiger partial charge in [0, 0.05) is 12.8 Å². The van der Waals surface area contributed by atoms with Gasteiger partial charge in [0.15, 0.2) is 0 Å². The quantitative estimate of drug-likeness (QED) is 0.506. The van der Waals surface area contributed by atoms with Crippen molar-refractivity contribution < 1.29 is 33.8 Å². The number of rotatable bonds is 8. The van der Waals surface area contributed by atoms with Crippen molar-refractivity contribution in [2.45, 2.75) is 63.5 Å². The number of carboxylic acids is 1. The van der Waals surface area contributed by atoms with Crippen LogP contribution in [-0.2, 0) is 31.9 Å². The van der Waals surface area contributed by atoms with Gasteiger partial charge in [-0.05, 0) is 61.5 Å². The number of cyclic esters (lactones) is 2. The Labute approximate surface area is 228 Å². The molecule has 2 aliphatic heterocycles. The third-order valence-corrected chi connectivity index (χ3v) is 6.93. The van der Waals surface area contributed by atoms with Gasteiger partial charge < -0.3 is 19.9 Å². The Morgan fingerprint density at radius 1 is 0.795 bits per heavy atom. The van der Waals surface area contributed by atoms with Gasteiger partial charge in [-0.15, -0.1) is 0 Å². The highest BCUT2D eigenvalue weighted by Crippen LogP contribution is 2.34. The third kappa shape index (κ3) is 9.74. The summed E-state index contributed by atoms with van der Waals surface area (Å²) in [7, 11) is 0. The van der Waals surface area contributed by atoms with Crippen molar-refractivity contribution in [3.05, 3.63) is 71.8 Å². The van der Waals surface area contributed by atoms with Crippen LogP contribution in [0.25, 0.3) is 0 Å². The van der Waals surface area contributed by atoms with E-state index in [9.17, 15) is 19.2 Å². The van der Waals surface area contributed by atoms with Crippen LogP contribution in [0.2, 0.25) is 0 Å². The molecule has 0 aromatic heterocycles. The number of aliphatic carboxylic acids is 1. The molecule has 2 N–H and O–H groups in total. The van der Waals surface area contributed by atoms with Gasteiger partial charge >= 0.3 is 18.2 Å². The predicted octanol–water partition coefficient (Wildman–Crippen LogP) is 4.59. The molecular weight excluding hydrogens is 500 g/mol. The van der Waals surface area contributed by atoms with Gasteiger partial charge in [0.05, 0.1) is 12.1 Å². The zero-order chi connectivity index (χ0) is 27.6. The summed E-state index contributed by atoms with van der Waals surface area (Å²) in [5, 5.41) is 10.9. The van der Waals surface area contributed by atoms with Crippen molar-refractivity contribution in [3.63, 3.8) is 0 Å². The fourth-order valence-electron chi connectivity index (χ4n) is 4.47. The van der Waals surface area contributed by atoms with Crippen molar-refractivity contribution in [2.24, 2.45) is 11.8 Å². The van der Waals surface area contributed by atoms with Gasteiger partial charge in [-0.2, -0.15) is 0 Å². The van der Waals surface area contributed by atoms with E-state index in [1.165, 1.54) is 10.5 Å². The SMILES string of the molecule is O=C(CC1CC1)N1C(=O)OC[C@@H]1Cc1ccccc1.O=C(O)CC1CC1.O=C1N[C@@H](Cc2ccccc2)CO1. The van der Waals surface area contributed by atoms with Gasteiger partial charge in [0.25, 0.3) is 0 Å². The zero-order valence-corrected chi connectivity index (χ0v) is 22.0. The summed E-state index contributed by atoms with van der Waals surface area (Å²) < 4.78 is 9.83. The summed E-state index contributed by atoms with van der Waals surface area (Å²) in [6, 6.07) is 19.9. The van der Waals surface area contributed by atoms with Crippen LogP contribution < -0.4 is 5.32 Å². The Bertz CT molecular complexity index is 1120. The van der Waals surface area contributed by atoms with E-state index in [2.05, 4.69) is 5.32 Å². The van der Waals surface area contributed by atoms with Crippen molar-refractivity contribution in [1.29, 1.82) is 0 Å². The van der Waals surface area contributed by atoms with Crippen LogP contribution in [0, 0.1) is 11.8 Å². The molecule has 0 unspecified atom stereocenters. The first-order chi connectivity index (χ1) is 18.9. The fourth-order valence-corrected chi connectivity index (χ4v) is 4.47. The number of carbonyl (C=O) groups is 4. The number of hydrogen-bond acceptors (Lipinski definition) is 6. The normalized spacial score (nSPS) is 21.4. The van der Waals surface area contributed by atoms with E-state index in [1.54, 1.807) is 0 Å². The van der Waals surface area contributed by atoms with Gasteiger partial charge in [-0.25, -0.2) is 14.5 Å². The molecule has 0 radical (unpaired) electrons. The van der Waals surface area contributed by atoms with Gasteiger partial charge in [-0.3, -0.25) is 9.59 Å². The first kappa shape index (κ1) is 28.1. The molecule has 208 valence electrons. The summed E-state index contributed by atoms with van der Waals surface area (Å²) in [5.41, 5.74) is 2.34. The van der Waals surface area contributed by atoms with E-state index in [0.29, 0.717) is 44.3 Å². The minimum absolute atomic E-state index is 0.0778. The van der Waals surface area contributed by atoms with Crippen molar-refractivity contribution in [1.82, 2.24) is 10.2 Å². The Kier molecular flexibility index (Phi) is 9.94. The molecule has 4 fully saturated rings. The van der Waals surface area contributed by atoms with E-state index in [0.717, 1.165) is 37.7 Å². The highest BCUT2D eigenvalue weighted by atomic mass is 16.6. The smallest absolute Gasteiger partial charge is 0.416 e. The van der Waals surface area contributed by atoms with E-state index >= 15 is 0 Å². The molecule has 6 rings (SSSR count). The van der Waals surface area contributed by atoms with Crippen LogP contribution in [-0.4, -0.2) is 59.4 Å². The Morgan fingerprint density at radius 2 is 1.36 bits per heavy atom. The lowest BCUT2D eigenvalue weighted by atomic mass is 10.1. The standard InChI is InChI=1S/C15H17NO3.C10H11NO2.C5H8O2/c17-14(9-12-6-7-12)16-13(10-19-15(16)18)8-11-4-2-1-3-5-11;12-10-11-9(7-13-10)6-8-4-2-1-3-5-8;6-5(7)3-4-1-2-4/h1-5,12-13H,6-10H2;1-5,9H,6-7H2,(H,11,12);4H,1-3H2,(H,6,7)/t13-;9-;/m00./s1. The molecule has 4 aliphatic rings. The molecule has 9 nitrogen and oxygen atoms in total. The molecule has 3 amide bonds. The molecule has 0 spiro atoms. The first-order valence-corrected chi connectivity index (χ1v) is 13.6. The summed E-state index contributed by atoms with van der Waals surface area (Å²) in [5.74, 6) is 0.282. The molecule has 2 heterocycles. The Morgan fingerprint density at radius 3 is 1.85 bits per heavy atom. The second kappa shape index (κ2) is 13.8. The number of amides is 3. The highest BCUT2D eigenvalue weighted by Gasteiger charge is 2.39. The number of imide groups is 1. The molecule has 2 aromatic rings. The summed E-state index contributed by atoms with van der Waals surface area (Å²) in [6.45, 7) is 0.790. The lowest BCUT2D eigenvalue weighted by Gasteiger charge is -2.19. The number of ether oxygens (including phenoxy) is 2. The van der Waals surface area contributed by atoms with Crippen LogP contribution in [0.4, 0.5) is 9.59 Å². The fraction of sp³-hybridized carbons (Fsp3) is 0.467. The molecular formula is C30H36N2O7. The van der Waals surface area contributed by atoms with Crippen LogP contribution in [0.15, 0.2) is 60.7 Å². The summed E-state index contributed by atoms with van der Waals surface area (Å²) in [4.78, 5) is 45.7. The highest BCUT2D eigenvalue weighted by molar-refractivity contribution is 5.93. The maximum atomic E-state index is 12.1. The average Bonchev–Trinajstić information content (AvgIpc) is 3.84. The van der Waals surface area contributed by atoms with Crippen LogP contribution in [0.3, 0.4) is 0 Å². The first-order valence-electron chi connectivity index (χ1n) is 13.6. The summed E-state index contributed by atoms with van der Waals surface area (Å²) >= 11 is 0. The van der Waals surface area contributed by atoms with Crippen molar-refractivity contribution >= 4 is 24.1 Å². The van der Waals surface area contributed by atoms with Gasteiger partial charge in [0.2, 0.25) is 5.91 Å². The number of carboxylic acid groups (broad SMARTS) is 1. The lowest BCUT2D eigenvalue weighted by Crippen LogP contribution is -2.40. The van der Waals surface area contributed by atoms with Crippen LogP contribution in [0.5, 0.6) is 0 Å². The molecule has 2 saturated carbocycles. The Hall–Kier alpha value is -3.88. The molecule has 9 heteroatoms. The minimum Gasteiger partial charge on any atom is -0.481 e. The number of benzene rings is 2. The van der Waals surface area contributed by atoms with E-state index in [-0.39, 0.29) is 24.1 Å². The van der Waals surface area contributed by atoms with E-state index in [4.69, 9.17) is 14.6 Å². The van der Waals surface area contributed by atoms with Crippen molar-refractivity contribution in [3.8, 4) is 0 Å². The second-order valence-electron chi connectivity index (χ2n) is 10.5. The monoisotopic (exact) mass is 536 g/mol. The predicted molar refractivity (Wildman–Crippen MR) is 143 cm³/mol. The number of nitrogens with one attached hydrogen (secondary N) is 1. The van der Waals surface area contributed by atoms with Gasteiger partial charge in [-0.1, -0.05) is 60.7 Å². The molecule has 2 saturated heterocycles. The van der Waals surface area contributed by atoms with Gasteiger partial charge in [0.1, 0.15) is 13.2 Å². The topological polar surface area (TPSA) is 122 Å². The van der Waals surface area contributed by atoms with Crippen LogP contribution in [0.1, 0.15) is 49.7 Å². The molecule has 39 heavy (non-hydrogen) atoms. The molecule has 2 aromatic carbocycles. The summed E-state index contributed by atoms with van der Waals surface area (Å²) in [6.07, 6.45) is 6.08. The maximum absolute atomic E-state index is 12.1. The molecule has 0 bridgehead atoms. The number of nitrogens with zero attached hydrogens (tertiary/aromatic N) is 1. The third-order valence-electron chi connectivity index (χ3n) is 6.93. The molecule has 2 atom stereocenters. The average molecular weight is 537 g/mol. The Balaban J connectivity index is 0.000000152. The number of carbonyl (C=O) groups excluding carboxylic acids is 3. The largest absolute Gasteiger partial charge is 0.481 e. The van der Waals surface area contributed by atoms with E-state index in [1.807, 2.05) is 60.7 Å².